The number of likely N-dealkylation sites (N-methyl/N-ethyl adjacent to an activating group) is 1. The number of sulfonamides is 1. The Morgan fingerprint density at radius 3 is 2.22 bits per heavy atom. The average molecular weight is 473 g/mol. The van der Waals surface area contributed by atoms with E-state index in [1.807, 2.05) is 7.05 Å². The molecule has 0 unspecified atom stereocenters. The van der Waals surface area contributed by atoms with Crippen LogP contribution in [-0.2, 0) is 28.3 Å². The van der Waals surface area contributed by atoms with E-state index in [4.69, 9.17) is 0 Å². The Kier molecular flexibility index (Phi) is 5.62. The van der Waals surface area contributed by atoms with Gasteiger partial charge in [-0.05, 0) is 63.3 Å². The lowest BCUT2D eigenvalue weighted by atomic mass is 9.81. The van der Waals surface area contributed by atoms with Gasteiger partial charge in [0.2, 0.25) is 10.0 Å². The fourth-order valence-corrected chi connectivity index (χ4v) is 5.55. The summed E-state index contributed by atoms with van der Waals surface area (Å²) in [6, 6.07) is 8.43. The molecule has 1 N–H and O–H groups in total. The fraction of sp³-hybridized carbons (Fsp3) is 0.476. The SMILES string of the molecule is CNS(=O)(=O)c1ccc(C(=O)N2CCC3(CC2)c2ccc(C(F)(F)F)n2CCN3C)cc1.[HH]. The second-order valence-corrected chi connectivity index (χ2v) is 10.1. The number of carbonyl (C=O) groups excluding carboxylic acids is 1. The van der Waals surface area contributed by atoms with Gasteiger partial charge in [0, 0.05) is 38.9 Å². The number of halogens is 3. The smallest absolute Gasteiger partial charge is 0.338 e. The first-order valence-electron chi connectivity index (χ1n) is 10.3. The minimum atomic E-state index is -4.40. The average Bonchev–Trinajstić information content (AvgIpc) is 3.22. The second-order valence-electron chi connectivity index (χ2n) is 8.23. The summed E-state index contributed by atoms with van der Waals surface area (Å²) in [5.74, 6) is -0.224. The van der Waals surface area contributed by atoms with Crippen molar-refractivity contribution >= 4 is 15.9 Å². The number of likely N-dealkylation sites (tertiary alicyclic amines) is 1. The van der Waals surface area contributed by atoms with Gasteiger partial charge < -0.3 is 9.47 Å². The molecule has 176 valence electrons. The molecule has 1 aromatic heterocycles. The second kappa shape index (κ2) is 7.89. The Labute approximate surface area is 186 Å². The van der Waals surface area contributed by atoms with E-state index in [1.54, 1.807) is 11.0 Å². The lowest BCUT2D eigenvalue weighted by Gasteiger charge is -2.50. The molecule has 1 amide bonds. The van der Waals surface area contributed by atoms with E-state index in [2.05, 4.69) is 9.62 Å². The first kappa shape index (κ1) is 22.8. The molecule has 0 atom stereocenters. The molecule has 7 nitrogen and oxygen atoms in total. The minimum absolute atomic E-state index is 0. The highest BCUT2D eigenvalue weighted by atomic mass is 32.2. The molecule has 2 aliphatic heterocycles. The number of aromatic nitrogens is 1. The Morgan fingerprint density at radius 1 is 1.03 bits per heavy atom. The number of nitrogens with one attached hydrogen (secondary N) is 1. The maximum absolute atomic E-state index is 13.4. The van der Waals surface area contributed by atoms with Crippen molar-refractivity contribution in [1.82, 2.24) is 19.1 Å². The number of alkyl halides is 3. The molecule has 32 heavy (non-hydrogen) atoms. The third-order valence-corrected chi connectivity index (χ3v) is 8.13. The first-order valence-corrected chi connectivity index (χ1v) is 11.8. The standard InChI is InChI=1S/C21H25F3N4O3S.H2/c1-25-32(30,31)16-5-3-15(4-6-16)19(29)27-11-9-20(10-12-27)17-7-8-18(21(22,23)24)28(17)14-13-26(20)2;/h3-8,25H,9-14H2,1-2H3;1H. The van der Waals surface area contributed by atoms with E-state index in [9.17, 15) is 26.4 Å². The summed E-state index contributed by atoms with van der Waals surface area (Å²) in [6.07, 6.45) is -3.37. The van der Waals surface area contributed by atoms with Crippen LogP contribution >= 0.6 is 0 Å². The summed E-state index contributed by atoms with van der Waals surface area (Å²) in [6.45, 7) is 1.57. The Hall–Kier alpha value is -2.37. The molecule has 3 heterocycles. The maximum atomic E-state index is 13.4. The van der Waals surface area contributed by atoms with Crippen LogP contribution in [0.15, 0.2) is 41.3 Å². The van der Waals surface area contributed by atoms with Crippen LogP contribution in [0, 0.1) is 0 Å². The molecular formula is C21H27F3N4O3S. The highest BCUT2D eigenvalue weighted by Crippen LogP contribution is 2.44. The lowest BCUT2D eigenvalue weighted by Crippen LogP contribution is -2.56. The van der Waals surface area contributed by atoms with Crippen LogP contribution in [0.3, 0.4) is 0 Å². The molecule has 1 spiro atoms. The van der Waals surface area contributed by atoms with Crippen LogP contribution in [-0.4, -0.2) is 62.4 Å². The van der Waals surface area contributed by atoms with Crippen molar-refractivity contribution in [2.75, 3.05) is 33.7 Å². The van der Waals surface area contributed by atoms with Crippen molar-refractivity contribution in [3.63, 3.8) is 0 Å². The van der Waals surface area contributed by atoms with E-state index in [1.165, 1.54) is 35.9 Å². The summed E-state index contributed by atoms with van der Waals surface area (Å²) < 4.78 is 67.6. The Bertz CT molecular complexity index is 1120. The zero-order valence-electron chi connectivity index (χ0n) is 17.8. The summed E-state index contributed by atoms with van der Waals surface area (Å²) in [5, 5.41) is 0. The third-order valence-electron chi connectivity index (χ3n) is 6.70. The maximum Gasteiger partial charge on any atom is 0.431 e. The lowest BCUT2D eigenvalue weighted by molar-refractivity contribution is -0.144. The number of hydrogen-bond acceptors (Lipinski definition) is 4. The van der Waals surface area contributed by atoms with Crippen molar-refractivity contribution in [3.05, 3.63) is 53.3 Å². The monoisotopic (exact) mass is 472 g/mol. The number of benzene rings is 1. The van der Waals surface area contributed by atoms with Gasteiger partial charge in [-0.2, -0.15) is 13.2 Å². The molecule has 1 saturated heterocycles. The Balaban J connectivity index is 0.00000306. The number of piperidine rings is 1. The third kappa shape index (κ3) is 3.71. The summed E-state index contributed by atoms with van der Waals surface area (Å²) in [4.78, 5) is 16.8. The molecule has 2 aromatic rings. The zero-order chi connectivity index (χ0) is 23.3. The van der Waals surface area contributed by atoms with Gasteiger partial charge >= 0.3 is 6.18 Å². The number of fused-ring (bicyclic) bond motifs is 2. The van der Waals surface area contributed by atoms with Crippen molar-refractivity contribution in [1.29, 1.82) is 0 Å². The van der Waals surface area contributed by atoms with Crippen LogP contribution in [0.4, 0.5) is 13.2 Å². The van der Waals surface area contributed by atoms with Gasteiger partial charge in [0.15, 0.2) is 0 Å². The minimum Gasteiger partial charge on any atom is -0.338 e. The number of hydrogen-bond donors (Lipinski definition) is 1. The van der Waals surface area contributed by atoms with Crippen LogP contribution in [0.2, 0.25) is 0 Å². The number of amides is 1. The van der Waals surface area contributed by atoms with Gasteiger partial charge in [-0.1, -0.05) is 0 Å². The highest BCUT2D eigenvalue weighted by Gasteiger charge is 2.47. The van der Waals surface area contributed by atoms with Crippen molar-refractivity contribution in [2.45, 2.75) is 36.0 Å². The predicted octanol–water partition coefficient (Wildman–Crippen LogP) is 2.74. The van der Waals surface area contributed by atoms with Crippen LogP contribution in [0.25, 0.3) is 0 Å². The van der Waals surface area contributed by atoms with Gasteiger partial charge in [0.25, 0.3) is 5.91 Å². The topological polar surface area (TPSA) is 74.6 Å². The number of rotatable bonds is 3. The van der Waals surface area contributed by atoms with Crippen LogP contribution in [0.1, 0.15) is 36.0 Å². The molecular weight excluding hydrogens is 445 g/mol. The van der Waals surface area contributed by atoms with Gasteiger partial charge in [0.1, 0.15) is 5.69 Å². The predicted molar refractivity (Wildman–Crippen MR) is 114 cm³/mol. The fourth-order valence-electron chi connectivity index (χ4n) is 4.82. The molecule has 0 bridgehead atoms. The molecule has 1 fully saturated rings. The Morgan fingerprint density at radius 2 is 1.66 bits per heavy atom. The van der Waals surface area contributed by atoms with Gasteiger partial charge in [-0.3, -0.25) is 9.69 Å². The van der Waals surface area contributed by atoms with Gasteiger partial charge in [-0.15, -0.1) is 0 Å². The van der Waals surface area contributed by atoms with Crippen molar-refractivity contribution in [3.8, 4) is 0 Å². The molecule has 0 aliphatic carbocycles. The van der Waals surface area contributed by atoms with E-state index >= 15 is 0 Å². The van der Waals surface area contributed by atoms with Crippen LogP contribution in [0.5, 0.6) is 0 Å². The molecule has 2 aliphatic rings. The zero-order valence-corrected chi connectivity index (χ0v) is 18.6. The molecule has 0 radical (unpaired) electrons. The van der Waals surface area contributed by atoms with E-state index in [0.29, 0.717) is 43.7 Å². The number of carbonyl (C=O) groups is 1. The summed E-state index contributed by atoms with van der Waals surface area (Å²) in [5.41, 5.74) is -0.165. The van der Waals surface area contributed by atoms with E-state index in [0.717, 1.165) is 6.07 Å². The van der Waals surface area contributed by atoms with Crippen LogP contribution < -0.4 is 4.72 Å². The molecule has 4 rings (SSSR count). The highest BCUT2D eigenvalue weighted by molar-refractivity contribution is 7.89. The largest absolute Gasteiger partial charge is 0.431 e. The summed E-state index contributed by atoms with van der Waals surface area (Å²) in [7, 11) is -0.357. The van der Waals surface area contributed by atoms with Gasteiger partial charge in [0.05, 0.1) is 10.4 Å². The normalized spacial score (nSPS) is 19.2. The molecule has 11 heteroatoms. The molecule has 0 saturated carbocycles. The molecule has 1 aromatic carbocycles. The van der Waals surface area contributed by atoms with E-state index in [-0.39, 0.29) is 18.8 Å². The first-order chi connectivity index (χ1) is 15.0. The van der Waals surface area contributed by atoms with Crippen molar-refractivity contribution < 1.29 is 27.8 Å². The van der Waals surface area contributed by atoms with E-state index < -0.39 is 27.4 Å². The quantitative estimate of drug-likeness (QED) is 0.746. The van der Waals surface area contributed by atoms with Gasteiger partial charge in [-0.25, -0.2) is 13.1 Å². The number of nitrogens with zero attached hydrogens (tertiary/aromatic N) is 3. The summed E-state index contributed by atoms with van der Waals surface area (Å²) >= 11 is 0. The van der Waals surface area contributed by atoms with Crippen molar-refractivity contribution in [2.24, 2.45) is 0 Å².